The Morgan fingerprint density at radius 1 is 0.905 bits per heavy atom. The maximum absolute atomic E-state index is 4.86. The van der Waals surface area contributed by atoms with Crippen LogP contribution < -0.4 is 4.90 Å². The second-order valence-corrected chi connectivity index (χ2v) is 5.53. The average molecular weight is 278 g/mol. The first kappa shape index (κ1) is 12.4. The van der Waals surface area contributed by atoms with Crippen LogP contribution in [0.5, 0.6) is 0 Å². The third kappa shape index (κ3) is 2.27. The van der Waals surface area contributed by atoms with E-state index in [1.165, 1.54) is 19.3 Å². The minimum absolute atomic E-state index is 0.935. The molecular weight excluding hydrogens is 260 g/mol. The standard InChI is InChI=1S/C17H18N4/c1-3-7-14(8-4-1)15-13-18-21-12-9-16(19-17(15)21)20-10-5-2-6-11-20/h1,3-4,7-9,12-13H,2,5-6,10-11H2. The lowest BCUT2D eigenvalue weighted by Crippen LogP contribution is -2.30. The van der Waals surface area contributed by atoms with Crippen LogP contribution in [0.2, 0.25) is 0 Å². The van der Waals surface area contributed by atoms with E-state index in [-0.39, 0.29) is 0 Å². The van der Waals surface area contributed by atoms with Gasteiger partial charge >= 0.3 is 0 Å². The van der Waals surface area contributed by atoms with Crippen molar-refractivity contribution in [2.75, 3.05) is 18.0 Å². The van der Waals surface area contributed by atoms with E-state index in [0.717, 1.165) is 35.7 Å². The van der Waals surface area contributed by atoms with Crippen molar-refractivity contribution in [1.82, 2.24) is 14.6 Å². The van der Waals surface area contributed by atoms with E-state index in [2.05, 4.69) is 28.2 Å². The minimum atomic E-state index is 0.935. The van der Waals surface area contributed by atoms with Crippen LogP contribution in [-0.4, -0.2) is 27.7 Å². The molecule has 1 aromatic carbocycles. The highest BCUT2D eigenvalue weighted by atomic mass is 15.3. The van der Waals surface area contributed by atoms with E-state index in [1.54, 1.807) is 0 Å². The first-order chi connectivity index (χ1) is 10.4. The Morgan fingerprint density at radius 2 is 1.71 bits per heavy atom. The van der Waals surface area contributed by atoms with Crippen LogP contribution in [0.3, 0.4) is 0 Å². The van der Waals surface area contributed by atoms with Gasteiger partial charge in [-0.2, -0.15) is 5.10 Å². The number of anilines is 1. The lowest BCUT2D eigenvalue weighted by atomic mass is 10.1. The summed E-state index contributed by atoms with van der Waals surface area (Å²) in [5.74, 6) is 1.07. The van der Waals surface area contributed by atoms with Gasteiger partial charge < -0.3 is 4.90 Å². The van der Waals surface area contributed by atoms with Crippen molar-refractivity contribution in [3.05, 3.63) is 48.8 Å². The van der Waals surface area contributed by atoms with Gasteiger partial charge in [0.05, 0.1) is 6.20 Å². The van der Waals surface area contributed by atoms with Crippen molar-refractivity contribution in [2.24, 2.45) is 0 Å². The lowest BCUT2D eigenvalue weighted by Gasteiger charge is -2.27. The Labute approximate surface area is 124 Å². The van der Waals surface area contributed by atoms with Crippen LogP contribution >= 0.6 is 0 Å². The topological polar surface area (TPSA) is 33.4 Å². The van der Waals surface area contributed by atoms with Crippen molar-refractivity contribution in [1.29, 1.82) is 0 Å². The number of rotatable bonds is 2. The molecule has 0 amide bonds. The SMILES string of the molecule is c1ccc(-c2cnn3ccc(N4CCCCC4)nc23)cc1. The summed E-state index contributed by atoms with van der Waals surface area (Å²) >= 11 is 0. The number of aromatic nitrogens is 3. The van der Waals surface area contributed by atoms with Crippen molar-refractivity contribution in [3.8, 4) is 11.1 Å². The molecule has 106 valence electrons. The molecule has 3 heterocycles. The van der Waals surface area contributed by atoms with Gasteiger partial charge in [0.15, 0.2) is 5.65 Å². The predicted octanol–water partition coefficient (Wildman–Crippen LogP) is 3.39. The van der Waals surface area contributed by atoms with E-state index >= 15 is 0 Å². The monoisotopic (exact) mass is 278 g/mol. The van der Waals surface area contributed by atoms with Crippen molar-refractivity contribution < 1.29 is 0 Å². The van der Waals surface area contributed by atoms with Gasteiger partial charge in [0.2, 0.25) is 0 Å². The van der Waals surface area contributed by atoms with Gasteiger partial charge in [-0.25, -0.2) is 9.50 Å². The molecule has 0 bridgehead atoms. The maximum Gasteiger partial charge on any atom is 0.165 e. The number of hydrogen-bond donors (Lipinski definition) is 0. The van der Waals surface area contributed by atoms with E-state index in [9.17, 15) is 0 Å². The van der Waals surface area contributed by atoms with Crippen LogP contribution in [0, 0.1) is 0 Å². The zero-order valence-corrected chi connectivity index (χ0v) is 11.9. The van der Waals surface area contributed by atoms with Gasteiger partial charge in [0, 0.05) is 24.8 Å². The predicted molar refractivity (Wildman–Crippen MR) is 84.5 cm³/mol. The van der Waals surface area contributed by atoms with Gasteiger partial charge in [-0.15, -0.1) is 0 Å². The summed E-state index contributed by atoms with van der Waals surface area (Å²) in [6.07, 6.45) is 7.77. The fourth-order valence-corrected chi connectivity index (χ4v) is 2.98. The Kier molecular flexibility index (Phi) is 3.07. The Balaban J connectivity index is 1.79. The highest BCUT2D eigenvalue weighted by molar-refractivity contribution is 5.77. The van der Waals surface area contributed by atoms with Gasteiger partial charge in [-0.05, 0) is 30.9 Å². The maximum atomic E-state index is 4.86. The van der Waals surface area contributed by atoms with Gasteiger partial charge in [0.1, 0.15) is 5.82 Å². The summed E-state index contributed by atoms with van der Waals surface area (Å²) in [5.41, 5.74) is 3.19. The third-order valence-electron chi connectivity index (χ3n) is 4.12. The summed E-state index contributed by atoms with van der Waals surface area (Å²) in [6, 6.07) is 12.4. The number of nitrogens with zero attached hydrogens (tertiary/aromatic N) is 4. The number of benzene rings is 1. The molecule has 1 aliphatic heterocycles. The fourth-order valence-electron chi connectivity index (χ4n) is 2.98. The Bertz CT molecular complexity index is 742. The smallest absolute Gasteiger partial charge is 0.165 e. The third-order valence-corrected chi connectivity index (χ3v) is 4.12. The molecule has 0 saturated carbocycles. The van der Waals surface area contributed by atoms with Crippen molar-refractivity contribution in [3.63, 3.8) is 0 Å². The second-order valence-electron chi connectivity index (χ2n) is 5.53. The molecule has 0 aliphatic carbocycles. The molecule has 0 N–H and O–H groups in total. The average Bonchev–Trinajstić information content (AvgIpc) is 2.99. The zero-order chi connectivity index (χ0) is 14.1. The first-order valence-electron chi connectivity index (χ1n) is 7.56. The van der Waals surface area contributed by atoms with E-state index in [4.69, 9.17) is 4.98 Å². The summed E-state index contributed by atoms with van der Waals surface area (Å²) in [5, 5.41) is 4.42. The molecule has 4 nitrogen and oxygen atoms in total. The van der Waals surface area contributed by atoms with E-state index in [0.29, 0.717) is 0 Å². The molecule has 0 spiro atoms. The van der Waals surface area contributed by atoms with E-state index < -0.39 is 0 Å². The number of piperidine rings is 1. The molecule has 4 heteroatoms. The molecule has 2 aromatic heterocycles. The normalized spacial score (nSPS) is 15.5. The highest BCUT2D eigenvalue weighted by Gasteiger charge is 2.14. The van der Waals surface area contributed by atoms with E-state index in [1.807, 2.05) is 35.1 Å². The molecular formula is C17H18N4. The highest BCUT2D eigenvalue weighted by Crippen LogP contribution is 2.25. The second kappa shape index (κ2) is 5.20. The number of fused-ring (bicyclic) bond motifs is 1. The van der Waals surface area contributed by atoms with Crippen LogP contribution in [0.4, 0.5) is 5.82 Å². The van der Waals surface area contributed by atoms with Crippen molar-refractivity contribution >= 4 is 11.5 Å². The lowest BCUT2D eigenvalue weighted by molar-refractivity contribution is 0.573. The summed E-state index contributed by atoms with van der Waals surface area (Å²) in [6.45, 7) is 2.22. The Hall–Kier alpha value is -2.36. The largest absolute Gasteiger partial charge is 0.357 e. The summed E-state index contributed by atoms with van der Waals surface area (Å²) in [4.78, 5) is 7.24. The minimum Gasteiger partial charge on any atom is -0.357 e. The van der Waals surface area contributed by atoms with Crippen LogP contribution in [0.15, 0.2) is 48.8 Å². The quantitative estimate of drug-likeness (QED) is 0.720. The molecule has 0 unspecified atom stereocenters. The van der Waals surface area contributed by atoms with Crippen molar-refractivity contribution in [2.45, 2.75) is 19.3 Å². The van der Waals surface area contributed by atoms with Crippen LogP contribution in [0.25, 0.3) is 16.8 Å². The molecule has 1 saturated heterocycles. The summed E-state index contributed by atoms with van der Waals surface area (Å²) in [7, 11) is 0. The molecule has 3 aromatic rings. The summed E-state index contributed by atoms with van der Waals surface area (Å²) < 4.78 is 1.86. The molecule has 4 rings (SSSR count). The first-order valence-corrected chi connectivity index (χ1v) is 7.56. The van der Waals surface area contributed by atoms with Gasteiger partial charge in [-0.3, -0.25) is 0 Å². The molecule has 0 atom stereocenters. The number of hydrogen-bond acceptors (Lipinski definition) is 3. The van der Waals surface area contributed by atoms with Crippen LogP contribution in [0.1, 0.15) is 19.3 Å². The zero-order valence-electron chi connectivity index (χ0n) is 11.9. The van der Waals surface area contributed by atoms with Gasteiger partial charge in [0.25, 0.3) is 0 Å². The Morgan fingerprint density at radius 3 is 2.52 bits per heavy atom. The van der Waals surface area contributed by atoms with Gasteiger partial charge in [-0.1, -0.05) is 30.3 Å². The van der Waals surface area contributed by atoms with Crippen LogP contribution in [-0.2, 0) is 0 Å². The molecule has 0 radical (unpaired) electrons. The molecule has 1 fully saturated rings. The fraction of sp³-hybridized carbons (Fsp3) is 0.294. The molecule has 21 heavy (non-hydrogen) atoms. The molecule has 1 aliphatic rings.